The Kier molecular flexibility index (Phi) is 7.84. The lowest BCUT2D eigenvalue weighted by atomic mass is 10.2. The Morgan fingerprint density at radius 1 is 1.07 bits per heavy atom. The van der Waals surface area contributed by atoms with Gasteiger partial charge in [-0.1, -0.05) is 76.2 Å². The van der Waals surface area contributed by atoms with Gasteiger partial charge in [0.25, 0.3) is 0 Å². The Hall–Kier alpha value is -2.64. The molecule has 0 aliphatic heterocycles. The molecule has 3 aromatic carbocycles. The van der Waals surface area contributed by atoms with E-state index in [1.54, 1.807) is 24.4 Å². The Bertz CT molecular complexity index is 1010. The number of amidine groups is 1. The Morgan fingerprint density at radius 2 is 1.90 bits per heavy atom. The summed E-state index contributed by atoms with van der Waals surface area (Å²) in [6.07, 6.45) is 1.60. The van der Waals surface area contributed by atoms with Crippen LogP contribution in [-0.2, 0) is 12.4 Å². The zero-order chi connectivity index (χ0) is 20.5. The number of thioether (sulfide) groups is 1. The van der Waals surface area contributed by atoms with Gasteiger partial charge >= 0.3 is 0 Å². The molecule has 4 nitrogen and oxygen atoms in total. The monoisotopic (exact) mass is 471 g/mol. The van der Waals surface area contributed by atoms with Crippen molar-refractivity contribution in [3.63, 3.8) is 0 Å². The fourth-order valence-corrected chi connectivity index (χ4v) is 3.34. The Labute approximate surface area is 181 Å². The van der Waals surface area contributed by atoms with Gasteiger partial charge in [0.05, 0.1) is 6.21 Å². The third kappa shape index (κ3) is 7.03. The summed E-state index contributed by atoms with van der Waals surface area (Å²) >= 11 is 4.67. The molecule has 0 saturated heterocycles. The molecule has 0 aliphatic rings. The van der Waals surface area contributed by atoms with Crippen LogP contribution in [0.3, 0.4) is 0 Å². The SMILES string of the molecule is NC(=NN=Cc1cccc(OCc2ccc(Br)cc2F)c1)SCc1ccccc1. The highest BCUT2D eigenvalue weighted by molar-refractivity contribution is 9.10. The first-order valence-electron chi connectivity index (χ1n) is 8.80. The average molecular weight is 472 g/mol. The van der Waals surface area contributed by atoms with Crippen molar-refractivity contribution < 1.29 is 9.13 Å². The van der Waals surface area contributed by atoms with Gasteiger partial charge in [-0.25, -0.2) is 4.39 Å². The number of hydrogen-bond acceptors (Lipinski definition) is 4. The van der Waals surface area contributed by atoms with Gasteiger partial charge in [0, 0.05) is 15.8 Å². The second-order valence-corrected chi connectivity index (χ2v) is 7.97. The number of benzene rings is 3. The van der Waals surface area contributed by atoms with Gasteiger partial charge in [-0.05, 0) is 35.4 Å². The maximum Gasteiger partial charge on any atom is 0.180 e. The third-order valence-electron chi connectivity index (χ3n) is 3.86. The number of ether oxygens (including phenoxy) is 1. The maximum absolute atomic E-state index is 13.9. The largest absolute Gasteiger partial charge is 0.489 e. The van der Waals surface area contributed by atoms with Gasteiger partial charge in [0.15, 0.2) is 5.17 Å². The average Bonchev–Trinajstić information content (AvgIpc) is 2.73. The lowest BCUT2D eigenvalue weighted by Crippen LogP contribution is -2.06. The molecule has 0 aromatic heterocycles. The van der Waals surface area contributed by atoms with Crippen molar-refractivity contribution in [2.75, 3.05) is 0 Å². The second-order valence-electron chi connectivity index (χ2n) is 6.05. The van der Waals surface area contributed by atoms with E-state index >= 15 is 0 Å². The van der Waals surface area contributed by atoms with Crippen molar-refractivity contribution >= 4 is 39.1 Å². The minimum Gasteiger partial charge on any atom is -0.489 e. The molecule has 0 atom stereocenters. The van der Waals surface area contributed by atoms with Gasteiger partial charge in [-0.3, -0.25) is 0 Å². The fourth-order valence-electron chi connectivity index (χ4n) is 2.40. The normalized spacial score (nSPS) is 11.7. The number of rotatable bonds is 7. The number of hydrogen-bond donors (Lipinski definition) is 1. The van der Waals surface area contributed by atoms with E-state index in [2.05, 4.69) is 26.1 Å². The summed E-state index contributed by atoms with van der Waals surface area (Å²) in [6.45, 7) is 0.140. The van der Waals surface area contributed by atoms with Crippen LogP contribution in [0.4, 0.5) is 4.39 Å². The zero-order valence-electron chi connectivity index (χ0n) is 15.5. The molecular weight excluding hydrogens is 453 g/mol. The highest BCUT2D eigenvalue weighted by Gasteiger charge is 2.04. The Morgan fingerprint density at radius 3 is 2.69 bits per heavy atom. The lowest BCUT2D eigenvalue weighted by Gasteiger charge is -2.08. The number of halogens is 2. The van der Waals surface area contributed by atoms with Crippen LogP contribution in [-0.4, -0.2) is 11.4 Å². The van der Waals surface area contributed by atoms with E-state index in [0.717, 1.165) is 11.3 Å². The van der Waals surface area contributed by atoms with Crippen molar-refractivity contribution in [1.82, 2.24) is 0 Å². The van der Waals surface area contributed by atoms with Gasteiger partial charge < -0.3 is 10.5 Å². The highest BCUT2D eigenvalue weighted by Crippen LogP contribution is 2.19. The van der Waals surface area contributed by atoms with E-state index in [-0.39, 0.29) is 12.4 Å². The summed E-state index contributed by atoms with van der Waals surface area (Å²) in [5.74, 6) is 1.04. The molecule has 2 N–H and O–H groups in total. The van der Waals surface area contributed by atoms with E-state index in [4.69, 9.17) is 10.5 Å². The van der Waals surface area contributed by atoms with Gasteiger partial charge in [-0.2, -0.15) is 5.10 Å². The van der Waals surface area contributed by atoms with Crippen LogP contribution < -0.4 is 10.5 Å². The number of nitrogens with zero attached hydrogens (tertiary/aromatic N) is 2. The summed E-state index contributed by atoms with van der Waals surface area (Å²) in [7, 11) is 0. The first-order valence-corrected chi connectivity index (χ1v) is 10.6. The van der Waals surface area contributed by atoms with Gasteiger partial charge in [0.2, 0.25) is 0 Å². The molecule has 3 rings (SSSR count). The van der Waals surface area contributed by atoms with Gasteiger partial charge in [-0.15, -0.1) is 5.10 Å². The first kappa shape index (κ1) is 21.1. The molecule has 0 aliphatic carbocycles. The molecule has 0 unspecified atom stereocenters. The second kappa shape index (κ2) is 10.8. The number of nitrogens with two attached hydrogens (primary N) is 1. The first-order chi connectivity index (χ1) is 14.1. The molecule has 0 bridgehead atoms. The van der Waals surface area contributed by atoms with Crippen LogP contribution in [0.15, 0.2) is 87.5 Å². The summed E-state index contributed by atoms with van der Waals surface area (Å²) in [4.78, 5) is 0. The van der Waals surface area contributed by atoms with E-state index in [0.29, 0.717) is 21.0 Å². The van der Waals surface area contributed by atoms with E-state index in [1.807, 2.05) is 48.5 Å². The maximum atomic E-state index is 13.9. The van der Waals surface area contributed by atoms with E-state index in [1.165, 1.54) is 23.4 Å². The quantitative estimate of drug-likeness (QED) is 0.271. The predicted molar refractivity (Wildman–Crippen MR) is 122 cm³/mol. The molecule has 0 amide bonds. The molecular formula is C22H19BrFN3OS. The minimum atomic E-state index is -0.310. The summed E-state index contributed by atoms with van der Waals surface area (Å²) in [5, 5.41) is 8.43. The van der Waals surface area contributed by atoms with Crippen LogP contribution in [0.2, 0.25) is 0 Å². The molecule has 0 fully saturated rings. The van der Waals surface area contributed by atoms with E-state index < -0.39 is 0 Å². The molecule has 0 heterocycles. The molecule has 0 saturated carbocycles. The van der Waals surface area contributed by atoms with Crippen molar-refractivity contribution in [2.24, 2.45) is 15.9 Å². The summed E-state index contributed by atoms with van der Waals surface area (Å²) in [5.41, 5.74) is 8.36. The minimum absolute atomic E-state index is 0.140. The molecule has 29 heavy (non-hydrogen) atoms. The van der Waals surface area contributed by atoms with Crippen molar-refractivity contribution in [1.29, 1.82) is 0 Å². The van der Waals surface area contributed by atoms with Crippen molar-refractivity contribution in [3.05, 3.63) is 99.8 Å². The smallest absolute Gasteiger partial charge is 0.180 e. The van der Waals surface area contributed by atoms with Crippen LogP contribution in [0.25, 0.3) is 0 Å². The molecule has 148 valence electrons. The van der Waals surface area contributed by atoms with Crippen molar-refractivity contribution in [3.8, 4) is 5.75 Å². The summed E-state index contributed by atoms with van der Waals surface area (Å²) in [6, 6.07) is 22.2. The summed E-state index contributed by atoms with van der Waals surface area (Å²) < 4.78 is 20.3. The van der Waals surface area contributed by atoms with Gasteiger partial charge in [0.1, 0.15) is 18.2 Å². The third-order valence-corrected chi connectivity index (χ3v) is 5.21. The molecule has 0 spiro atoms. The van der Waals surface area contributed by atoms with Crippen LogP contribution >= 0.6 is 27.7 Å². The Balaban J connectivity index is 1.54. The van der Waals surface area contributed by atoms with E-state index in [9.17, 15) is 4.39 Å². The highest BCUT2D eigenvalue weighted by atomic mass is 79.9. The lowest BCUT2D eigenvalue weighted by molar-refractivity contribution is 0.300. The molecule has 0 radical (unpaired) electrons. The predicted octanol–water partition coefficient (Wildman–Crippen LogP) is 5.75. The van der Waals surface area contributed by atoms with Crippen LogP contribution in [0.1, 0.15) is 16.7 Å². The van der Waals surface area contributed by atoms with Crippen LogP contribution in [0.5, 0.6) is 5.75 Å². The fraction of sp³-hybridized carbons (Fsp3) is 0.0909. The topological polar surface area (TPSA) is 60.0 Å². The zero-order valence-corrected chi connectivity index (χ0v) is 17.9. The molecule has 7 heteroatoms. The van der Waals surface area contributed by atoms with Crippen molar-refractivity contribution in [2.45, 2.75) is 12.4 Å². The molecule has 3 aromatic rings. The van der Waals surface area contributed by atoms with Crippen LogP contribution in [0, 0.1) is 5.82 Å². The standard InChI is InChI=1S/C22H19BrFN3OS/c23-19-10-9-18(21(24)12-19)14-28-20-8-4-7-17(11-20)13-26-27-22(25)29-15-16-5-2-1-3-6-16/h1-13H,14-15H2,(H2,25,27).